The van der Waals surface area contributed by atoms with Crippen LogP contribution in [0.15, 0.2) is 0 Å². The first kappa shape index (κ1) is 11.6. The van der Waals surface area contributed by atoms with Gasteiger partial charge in [-0.2, -0.15) is 0 Å². The van der Waals surface area contributed by atoms with Gasteiger partial charge < -0.3 is 8.23 Å². The van der Waals surface area contributed by atoms with E-state index in [1.807, 2.05) is 0 Å². The molecule has 1 aliphatic rings. The molecule has 1 rings (SSSR count). The van der Waals surface area contributed by atoms with Crippen LogP contribution in [0.1, 0.15) is 0 Å². The van der Waals surface area contributed by atoms with Crippen LogP contribution in [0.25, 0.3) is 0 Å². The van der Waals surface area contributed by atoms with Crippen molar-refractivity contribution in [2.45, 2.75) is 51.4 Å². The molecule has 1 heterocycles. The molecule has 0 aromatic heterocycles. The van der Waals surface area contributed by atoms with E-state index in [0.29, 0.717) is 0 Å². The summed E-state index contributed by atoms with van der Waals surface area (Å²) in [5.41, 5.74) is 0. The molecule has 1 fully saturated rings. The third-order valence-electron chi connectivity index (χ3n) is 2.20. The van der Waals surface area contributed by atoms with Crippen molar-refractivity contribution in [2.24, 2.45) is 0 Å². The van der Waals surface area contributed by atoms with Crippen LogP contribution in [0.5, 0.6) is 0 Å². The second-order valence-electron chi connectivity index (χ2n) is 5.71. The molecule has 0 aliphatic carbocycles. The zero-order valence-corrected chi connectivity index (χ0v) is 12.7. The van der Waals surface area contributed by atoms with Gasteiger partial charge in [0.15, 0.2) is 16.6 Å². The quantitative estimate of drug-likeness (QED) is 0.684. The smallest absolute Gasteiger partial charge is 0.314 e. The molecule has 2 nitrogen and oxygen atoms in total. The van der Waals surface area contributed by atoms with E-state index in [0.717, 1.165) is 0 Å². The molecule has 1 atom stereocenters. The summed E-state index contributed by atoms with van der Waals surface area (Å²) in [5.74, 6) is 0. The number of rotatable bonds is 2. The third-order valence-corrected chi connectivity index (χ3v) is 13.4. The Hall–Kier alpha value is 0.571. The minimum absolute atomic E-state index is 1.22. The molecule has 0 radical (unpaired) electrons. The van der Waals surface area contributed by atoms with Crippen LogP contribution in [0, 0.1) is 0 Å². The van der Waals surface area contributed by atoms with Gasteiger partial charge in [-0.1, -0.05) is 0 Å². The van der Waals surface area contributed by atoms with Gasteiger partial charge in [-0.15, -0.1) is 0 Å². The van der Waals surface area contributed by atoms with Gasteiger partial charge >= 0.3 is 8.56 Å². The molecule has 78 valence electrons. The second-order valence-corrected chi connectivity index (χ2v) is 18.4. The lowest BCUT2D eigenvalue weighted by molar-refractivity contribution is 0.405. The van der Waals surface area contributed by atoms with E-state index in [1.54, 1.807) is 0 Å². The summed E-state index contributed by atoms with van der Waals surface area (Å²) < 4.78 is 12.4. The highest BCUT2D eigenvalue weighted by Gasteiger charge is 2.47. The molecule has 5 heteroatoms. The lowest BCUT2D eigenvalue weighted by Crippen LogP contribution is -2.47. The van der Waals surface area contributed by atoms with Crippen molar-refractivity contribution in [3.8, 4) is 0 Å². The summed E-state index contributed by atoms with van der Waals surface area (Å²) in [6, 6.07) is 2.51. The molecule has 0 bridgehead atoms. The predicted molar refractivity (Wildman–Crippen MR) is 64.2 cm³/mol. The summed E-state index contributed by atoms with van der Waals surface area (Å²) in [4.78, 5) is 0. The molecule has 0 spiro atoms. The first-order chi connectivity index (χ1) is 5.62. The van der Waals surface area contributed by atoms with Crippen molar-refractivity contribution < 1.29 is 8.23 Å². The number of hydrogen-bond acceptors (Lipinski definition) is 2. The van der Waals surface area contributed by atoms with Crippen molar-refractivity contribution >= 4 is 25.2 Å². The maximum absolute atomic E-state index is 6.21. The summed E-state index contributed by atoms with van der Waals surface area (Å²) in [7, 11) is -4.45. The fourth-order valence-electron chi connectivity index (χ4n) is 1.93. The second kappa shape index (κ2) is 3.30. The largest absolute Gasteiger partial charge is 0.437 e. The SMILES string of the molecule is C[Si](C)(C)O[Si]1(C)CC[Si](C)(C)O1. The van der Waals surface area contributed by atoms with E-state index in [9.17, 15) is 0 Å². The Labute approximate surface area is 85.2 Å². The van der Waals surface area contributed by atoms with Gasteiger partial charge in [-0.3, -0.25) is 0 Å². The van der Waals surface area contributed by atoms with E-state index in [4.69, 9.17) is 8.23 Å². The average molecular weight is 235 g/mol. The molecular formula is C8H22O2Si3. The maximum Gasteiger partial charge on any atom is 0.314 e. The molecule has 0 saturated carbocycles. The van der Waals surface area contributed by atoms with Crippen LogP contribution in [-0.2, 0) is 8.23 Å². The third kappa shape index (κ3) is 3.67. The maximum atomic E-state index is 6.21. The Morgan fingerprint density at radius 2 is 1.62 bits per heavy atom. The summed E-state index contributed by atoms with van der Waals surface area (Å²) >= 11 is 0. The lowest BCUT2D eigenvalue weighted by atomic mass is 10.9. The van der Waals surface area contributed by atoms with Gasteiger partial charge in [-0.05, 0) is 51.4 Å². The highest BCUT2D eigenvalue weighted by molar-refractivity contribution is 6.91. The van der Waals surface area contributed by atoms with E-state index in [2.05, 4.69) is 39.3 Å². The van der Waals surface area contributed by atoms with Crippen LogP contribution >= 0.6 is 0 Å². The monoisotopic (exact) mass is 234 g/mol. The molecule has 0 aromatic carbocycles. The molecule has 0 aromatic rings. The summed E-state index contributed by atoms with van der Waals surface area (Å²) in [6.07, 6.45) is 0. The fourth-order valence-corrected chi connectivity index (χ4v) is 17.8. The molecule has 1 saturated heterocycles. The Balaban J connectivity index is 2.60. The Morgan fingerprint density at radius 3 is 1.92 bits per heavy atom. The molecular weight excluding hydrogens is 212 g/mol. The van der Waals surface area contributed by atoms with Gasteiger partial charge in [0.2, 0.25) is 0 Å². The van der Waals surface area contributed by atoms with E-state index in [-0.39, 0.29) is 0 Å². The minimum Gasteiger partial charge on any atom is -0.437 e. The first-order valence-corrected chi connectivity index (χ1v) is 14.1. The Morgan fingerprint density at radius 1 is 1.08 bits per heavy atom. The van der Waals surface area contributed by atoms with Crippen LogP contribution in [0.3, 0.4) is 0 Å². The molecule has 0 N–H and O–H groups in total. The highest BCUT2D eigenvalue weighted by Crippen LogP contribution is 2.35. The Kier molecular flexibility index (Phi) is 2.96. The first-order valence-electron chi connectivity index (χ1n) is 5.02. The molecule has 0 amide bonds. The van der Waals surface area contributed by atoms with Crippen LogP contribution in [0.4, 0.5) is 0 Å². The van der Waals surface area contributed by atoms with E-state index >= 15 is 0 Å². The van der Waals surface area contributed by atoms with Crippen LogP contribution < -0.4 is 0 Å². The highest BCUT2D eigenvalue weighted by atomic mass is 28.5. The minimum atomic E-state index is -1.73. The Bertz CT molecular complexity index is 200. The predicted octanol–water partition coefficient (Wildman–Crippen LogP) is 3.15. The topological polar surface area (TPSA) is 18.5 Å². The van der Waals surface area contributed by atoms with Gasteiger partial charge in [0.05, 0.1) is 0 Å². The average Bonchev–Trinajstić information content (AvgIpc) is 2.00. The van der Waals surface area contributed by atoms with Crippen molar-refractivity contribution in [1.29, 1.82) is 0 Å². The van der Waals surface area contributed by atoms with Gasteiger partial charge in [-0.25, -0.2) is 0 Å². The van der Waals surface area contributed by atoms with Crippen LogP contribution in [0.2, 0.25) is 51.4 Å². The number of hydrogen-bond donors (Lipinski definition) is 0. The van der Waals surface area contributed by atoms with Gasteiger partial charge in [0, 0.05) is 0 Å². The molecule has 1 aliphatic heterocycles. The van der Waals surface area contributed by atoms with Crippen LogP contribution in [-0.4, -0.2) is 25.2 Å². The van der Waals surface area contributed by atoms with Crippen molar-refractivity contribution in [3.05, 3.63) is 0 Å². The zero-order chi connectivity index (χ0) is 10.3. The molecule has 13 heavy (non-hydrogen) atoms. The zero-order valence-electron chi connectivity index (χ0n) is 9.73. The standard InChI is InChI=1S/C8H22O2Si3/c1-11(2,3)9-13(6)8-7-12(4,5)10-13/h7-8H2,1-6H3. The van der Waals surface area contributed by atoms with E-state index in [1.165, 1.54) is 12.1 Å². The van der Waals surface area contributed by atoms with E-state index < -0.39 is 25.2 Å². The summed E-state index contributed by atoms with van der Waals surface area (Å²) in [6.45, 7) is 13.6. The normalized spacial score (nSPS) is 33.7. The van der Waals surface area contributed by atoms with Crippen molar-refractivity contribution in [3.63, 3.8) is 0 Å². The summed E-state index contributed by atoms with van der Waals surface area (Å²) in [5, 5.41) is 0. The fraction of sp³-hybridized carbons (Fsp3) is 1.00. The lowest BCUT2D eigenvalue weighted by Gasteiger charge is -2.32. The molecule has 1 unspecified atom stereocenters. The van der Waals surface area contributed by atoms with Crippen molar-refractivity contribution in [2.75, 3.05) is 0 Å². The van der Waals surface area contributed by atoms with Crippen molar-refractivity contribution in [1.82, 2.24) is 0 Å². The van der Waals surface area contributed by atoms with Gasteiger partial charge in [0.25, 0.3) is 0 Å². The van der Waals surface area contributed by atoms with Gasteiger partial charge in [0.1, 0.15) is 0 Å².